The van der Waals surface area contributed by atoms with Crippen LogP contribution in [0.2, 0.25) is 0 Å². The predicted molar refractivity (Wildman–Crippen MR) is 150 cm³/mol. The van der Waals surface area contributed by atoms with Crippen molar-refractivity contribution in [3.05, 3.63) is 70.8 Å². The van der Waals surface area contributed by atoms with E-state index >= 15 is 0 Å². The molecule has 2 aliphatic rings. The summed E-state index contributed by atoms with van der Waals surface area (Å²) < 4.78 is 5.76. The van der Waals surface area contributed by atoms with Crippen molar-refractivity contribution in [1.82, 2.24) is 9.80 Å². The number of carbonyl (C=O) groups is 4. The lowest BCUT2D eigenvalue weighted by Gasteiger charge is -2.32. The molecule has 7 rings (SSSR count). The van der Waals surface area contributed by atoms with Crippen LogP contribution >= 0.6 is 0 Å². The third-order valence-corrected chi connectivity index (χ3v) is 8.12. The Morgan fingerprint density at radius 1 is 0.564 bits per heavy atom. The Morgan fingerprint density at radius 3 is 1.33 bits per heavy atom. The van der Waals surface area contributed by atoms with Gasteiger partial charge in [0.2, 0.25) is 0 Å². The fourth-order valence-corrected chi connectivity index (χ4v) is 6.36. The third-order valence-electron chi connectivity index (χ3n) is 8.12. The lowest BCUT2D eigenvalue weighted by atomic mass is 9.82. The summed E-state index contributed by atoms with van der Waals surface area (Å²) in [6.45, 7) is 6.77. The van der Waals surface area contributed by atoms with E-state index in [1.165, 1.54) is 11.9 Å². The van der Waals surface area contributed by atoms with Crippen LogP contribution in [-0.2, 0) is 4.74 Å². The van der Waals surface area contributed by atoms with Crippen molar-refractivity contribution >= 4 is 66.7 Å². The minimum atomic E-state index is -0.413. The Hall–Kier alpha value is -4.36. The Morgan fingerprint density at radius 2 is 0.949 bits per heavy atom. The van der Waals surface area contributed by atoms with Crippen LogP contribution in [0.5, 0.6) is 0 Å². The molecule has 0 spiro atoms. The van der Waals surface area contributed by atoms with Crippen LogP contribution in [0.4, 0.5) is 0 Å². The van der Waals surface area contributed by atoms with Gasteiger partial charge in [0.05, 0.1) is 12.6 Å². The van der Waals surface area contributed by atoms with Crippen LogP contribution in [0.3, 0.4) is 0 Å². The largest absolute Gasteiger partial charge is 0.379 e. The summed E-state index contributed by atoms with van der Waals surface area (Å²) in [5.41, 5.74) is 1.97. The lowest BCUT2D eigenvalue weighted by molar-refractivity contribution is 0.0347. The second kappa shape index (κ2) is 8.07. The average molecular weight is 519 g/mol. The minimum Gasteiger partial charge on any atom is -0.379 e. The minimum absolute atomic E-state index is 0.275. The van der Waals surface area contributed by atoms with Crippen LogP contribution in [0.1, 0.15) is 62.2 Å². The number of amides is 4. The van der Waals surface area contributed by atoms with Crippen molar-refractivity contribution in [3.63, 3.8) is 0 Å². The van der Waals surface area contributed by atoms with Gasteiger partial charge < -0.3 is 4.74 Å². The van der Waals surface area contributed by atoms with Crippen molar-refractivity contribution in [1.29, 1.82) is 0 Å². The summed E-state index contributed by atoms with van der Waals surface area (Å²) in [6.07, 6.45) is 0. The van der Waals surface area contributed by atoms with Gasteiger partial charge in [0.25, 0.3) is 23.6 Å². The number of rotatable bonds is 5. The molecule has 7 nitrogen and oxygen atoms in total. The van der Waals surface area contributed by atoms with Crippen LogP contribution in [0.25, 0.3) is 43.1 Å². The topological polar surface area (TPSA) is 84.0 Å². The third kappa shape index (κ3) is 3.02. The van der Waals surface area contributed by atoms with E-state index in [2.05, 4.69) is 13.8 Å². The molecule has 0 N–H and O–H groups in total. The molecule has 0 bridgehead atoms. The SMILES string of the molecule is CC(C)COCC(C)N1C(=O)c2ccc3c4ccc5c6c(ccc(c7ccc(c2c37)C1=O)c64)C(=O)N(C)C5=O. The number of nitrogens with zero attached hydrogens (tertiary/aromatic N) is 2. The molecule has 39 heavy (non-hydrogen) atoms. The quantitative estimate of drug-likeness (QED) is 0.171. The zero-order valence-corrected chi connectivity index (χ0v) is 22.1. The van der Waals surface area contributed by atoms with Gasteiger partial charge >= 0.3 is 0 Å². The van der Waals surface area contributed by atoms with Crippen molar-refractivity contribution in [2.24, 2.45) is 5.92 Å². The fourth-order valence-electron chi connectivity index (χ4n) is 6.36. The van der Waals surface area contributed by atoms with E-state index in [9.17, 15) is 19.2 Å². The van der Waals surface area contributed by atoms with E-state index < -0.39 is 6.04 Å². The normalized spacial score (nSPS) is 16.2. The number of fused-ring (bicyclic) bond motifs is 2. The lowest BCUT2D eigenvalue weighted by Crippen LogP contribution is -2.47. The highest BCUT2D eigenvalue weighted by Crippen LogP contribution is 2.46. The van der Waals surface area contributed by atoms with E-state index in [0.717, 1.165) is 37.2 Å². The fraction of sp³-hybridized carbons (Fsp3) is 0.250. The summed E-state index contributed by atoms with van der Waals surface area (Å²) >= 11 is 0. The molecule has 0 fully saturated rings. The molecule has 1 atom stereocenters. The van der Waals surface area contributed by atoms with Gasteiger partial charge in [-0.2, -0.15) is 0 Å². The van der Waals surface area contributed by atoms with Crippen molar-refractivity contribution in [3.8, 4) is 0 Å². The highest BCUT2D eigenvalue weighted by Gasteiger charge is 2.38. The second-order valence-electron chi connectivity index (χ2n) is 11.1. The first-order valence-corrected chi connectivity index (χ1v) is 13.2. The summed E-state index contributed by atoms with van der Waals surface area (Å²) in [5, 5.41) is 6.51. The molecule has 7 heteroatoms. The van der Waals surface area contributed by atoms with Crippen LogP contribution in [0, 0.1) is 5.92 Å². The summed E-state index contributed by atoms with van der Waals surface area (Å²) in [7, 11) is 1.50. The maximum Gasteiger partial charge on any atom is 0.261 e. The molecular formula is C32H26N2O5. The van der Waals surface area contributed by atoms with Crippen LogP contribution in [0.15, 0.2) is 48.5 Å². The Balaban J connectivity index is 1.49. The average Bonchev–Trinajstić information content (AvgIpc) is 2.92. The Bertz CT molecular complexity index is 1820. The molecule has 1 unspecified atom stereocenters. The number of benzene rings is 5. The van der Waals surface area contributed by atoms with E-state index in [1.54, 1.807) is 24.3 Å². The summed E-state index contributed by atoms with van der Waals surface area (Å²) in [6, 6.07) is 14.4. The first-order chi connectivity index (χ1) is 18.7. The molecule has 4 amide bonds. The van der Waals surface area contributed by atoms with Crippen molar-refractivity contribution in [2.45, 2.75) is 26.8 Å². The Kier molecular flexibility index (Phi) is 4.91. The highest BCUT2D eigenvalue weighted by atomic mass is 16.5. The van der Waals surface area contributed by atoms with Gasteiger partial charge in [-0.05, 0) is 69.4 Å². The number of carbonyl (C=O) groups excluding carboxylic acids is 4. The van der Waals surface area contributed by atoms with Gasteiger partial charge in [-0.3, -0.25) is 29.0 Å². The summed E-state index contributed by atoms with van der Waals surface area (Å²) in [4.78, 5) is 55.9. The zero-order valence-electron chi connectivity index (χ0n) is 22.1. The number of hydrogen-bond acceptors (Lipinski definition) is 5. The number of ether oxygens (including phenoxy) is 1. The standard InChI is InChI=1S/C32H26N2O5/c1-15(2)13-39-14-16(3)34-31(37)23-11-7-19-17-5-9-21-27-22(30(36)33(4)29(21)35)10-6-18(25(17)27)20-8-12-24(32(34)38)28(23)26(19)20/h5-12,15-16H,13-14H2,1-4H3. The molecule has 0 aliphatic carbocycles. The van der Waals surface area contributed by atoms with Gasteiger partial charge in [0.1, 0.15) is 0 Å². The molecule has 5 aromatic carbocycles. The van der Waals surface area contributed by atoms with E-state index in [-0.39, 0.29) is 30.2 Å². The molecule has 0 radical (unpaired) electrons. The van der Waals surface area contributed by atoms with Crippen LogP contribution in [-0.4, -0.2) is 59.7 Å². The maximum atomic E-state index is 13.7. The molecule has 5 aromatic rings. The molecule has 0 aromatic heterocycles. The van der Waals surface area contributed by atoms with Crippen molar-refractivity contribution < 1.29 is 23.9 Å². The molecule has 2 heterocycles. The molecule has 194 valence electrons. The zero-order chi connectivity index (χ0) is 27.3. The first-order valence-electron chi connectivity index (χ1n) is 13.2. The van der Waals surface area contributed by atoms with E-state index in [1.807, 2.05) is 31.2 Å². The van der Waals surface area contributed by atoms with Crippen molar-refractivity contribution in [2.75, 3.05) is 20.3 Å². The monoisotopic (exact) mass is 518 g/mol. The van der Waals surface area contributed by atoms with Gasteiger partial charge in [-0.25, -0.2) is 0 Å². The van der Waals surface area contributed by atoms with Gasteiger partial charge in [0, 0.05) is 46.7 Å². The van der Waals surface area contributed by atoms with Crippen LogP contribution < -0.4 is 0 Å². The predicted octanol–water partition coefficient (Wildman–Crippen LogP) is 5.62. The van der Waals surface area contributed by atoms with Gasteiger partial charge in [0.15, 0.2) is 0 Å². The molecule has 0 saturated carbocycles. The highest BCUT2D eigenvalue weighted by molar-refractivity contribution is 6.41. The molecule has 0 saturated heterocycles. The number of hydrogen-bond donors (Lipinski definition) is 0. The smallest absolute Gasteiger partial charge is 0.261 e. The van der Waals surface area contributed by atoms with E-state index in [4.69, 9.17) is 4.74 Å². The second-order valence-corrected chi connectivity index (χ2v) is 11.1. The van der Waals surface area contributed by atoms with Gasteiger partial charge in [-0.15, -0.1) is 0 Å². The Labute approximate surface area is 224 Å². The van der Waals surface area contributed by atoms with E-state index in [0.29, 0.717) is 45.6 Å². The summed E-state index contributed by atoms with van der Waals surface area (Å²) in [5.74, 6) is -0.947. The molecular weight excluding hydrogens is 492 g/mol. The molecule has 2 aliphatic heterocycles. The number of imide groups is 2. The first kappa shape index (κ1) is 23.7. The van der Waals surface area contributed by atoms with Gasteiger partial charge in [-0.1, -0.05) is 38.1 Å². The maximum absolute atomic E-state index is 13.7.